The van der Waals surface area contributed by atoms with Crippen molar-refractivity contribution in [2.75, 3.05) is 5.73 Å². The van der Waals surface area contributed by atoms with E-state index in [9.17, 15) is 4.39 Å². The van der Waals surface area contributed by atoms with Crippen LogP contribution in [-0.4, -0.2) is 10.1 Å². The molecule has 0 radical (unpaired) electrons. The summed E-state index contributed by atoms with van der Waals surface area (Å²) in [6.07, 6.45) is 1.65. The van der Waals surface area contributed by atoms with Crippen molar-refractivity contribution in [2.24, 2.45) is 0 Å². The highest BCUT2D eigenvalue weighted by Gasteiger charge is 2.18. The molecule has 0 saturated carbocycles. The van der Waals surface area contributed by atoms with Gasteiger partial charge in [-0.15, -0.1) is 0 Å². The predicted octanol–water partition coefficient (Wildman–Crippen LogP) is 3.12. The third-order valence-corrected chi connectivity index (χ3v) is 2.74. The Bertz CT molecular complexity index is 710. The van der Waals surface area contributed by atoms with Crippen LogP contribution in [0, 0.1) is 5.82 Å². The van der Waals surface area contributed by atoms with E-state index < -0.39 is 0 Å². The van der Waals surface area contributed by atoms with E-state index in [1.54, 1.807) is 30.5 Å². The molecule has 0 bridgehead atoms. The molecule has 0 fully saturated rings. The lowest BCUT2D eigenvalue weighted by Crippen LogP contribution is -1.89. The van der Waals surface area contributed by atoms with Crippen LogP contribution in [0.3, 0.4) is 0 Å². The zero-order valence-corrected chi connectivity index (χ0v) is 9.88. The number of nitrogen functional groups attached to an aromatic ring is 1. The third-order valence-electron chi connectivity index (χ3n) is 2.74. The van der Waals surface area contributed by atoms with E-state index in [2.05, 4.69) is 10.1 Å². The zero-order valence-electron chi connectivity index (χ0n) is 9.88. The monoisotopic (exact) mass is 255 g/mol. The summed E-state index contributed by atoms with van der Waals surface area (Å²) >= 11 is 0. The van der Waals surface area contributed by atoms with Gasteiger partial charge < -0.3 is 10.3 Å². The smallest absolute Gasteiger partial charge is 0.230 e. The maximum Gasteiger partial charge on any atom is 0.230 e. The van der Waals surface area contributed by atoms with Crippen molar-refractivity contribution in [1.29, 1.82) is 0 Å². The summed E-state index contributed by atoms with van der Waals surface area (Å²) in [5.41, 5.74) is 8.08. The molecule has 3 aromatic rings. The van der Waals surface area contributed by atoms with Crippen LogP contribution in [0.5, 0.6) is 0 Å². The van der Waals surface area contributed by atoms with Crippen LogP contribution in [0.15, 0.2) is 53.2 Å². The molecular formula is C14H10FN3O. The van der Waals surface area contributed by atoms with E-state index in [1.807, 2.05) is 6.07 Å². The van der Waals surface area contributed by atoms with Gasteiger partial charge in [0.05, 0.1) is 11.3 Å². The highest BCUT2D eigenvalue weighted by Crippen LogP contribution is 2.35. The largest absolute Gasteiger partial charge is 0.367 e. The summed E-state index contributed by atoms with van der Waals surface area (Å²) in [5, 5.41) is 3.91. The summed E-state index contributed by atoms with van der Waals surface area (Å²) in [6.45, 7) is 0. The Morgan fingerprint density at radius 1 is 1.11 bits per heavy atom. The molecule has 5 heteroatoms. The molecule has 4 nitrogen and oxygen atoms in total. The van der Waals surface area contributed by atoms with Gasteiger partial charge in [-0.25, -0.2) is 4.39 Å². The lowest BCUT2D eigenvalue weighted by Gasteiger charge is -2.02. The average molecular weight is 255 g/mol. The number of nitrogens with zero attached hydrogens (tertiary/aromatic N) is 2. The van der Waals surface area contributed by atoms with Crippen LogP contribution in [-0.2, 0) is 0 Å². The van der Waals surface area contributed by atoms with Crippen molar-refractivity contribution in [3.05, 3.63) is 54.5 Å². The van der Waals surface area contributed by atoms with Crippen molar-refractivity contribution in [3.63, 3.8) is 0 Å². The number of halogens is 1. The van der Waals surface area contributed by atoms with E-state index >= 15 is 0 Å². The SMILES string of the molecule is Nc1onc(-c2ccccn2)c1-c1cccc(F)c1. The van der Waals surface area contributed by atoms with Crippen LogP contribution in [0.2, 0.25) is 0 Å². The molecule has 19 heavy (non-hydrogen) atoms. The number of benzene rings is 1. The Morgan fingerprint density at radius 3 is 2.74 bits per heavy atom. The fourth-order valence-corrected chi connectivity index (χ4v) is 1.90. The van der Waals surface area contributed by atoms with Crippen LogP contribution in [0.4, 0.5) is 10.3 Å². The van der Waals surface area contributed by atoms with Gasteiger partial charge >= 0.3 is 0 Å². The minimum atomic E-state index is -0.343. The molecule has 2 heterocycles. The molecule has 2 aromatic heterocycles. The minimum Gasteiger partial charge on any atom is -0.367 e. The second-order valence-electron chi connectivity index (χ2n) is 4.00. The number of hydrogen-bond acceptors (Lipinski definition) is 4. The third kappa shape index (κ3) is 2.06. The molecular weight excluding hydrogens is 245 g/mol. The first-order valence-electron chi connectivity index (χ1n) is 5.68. The topological polar surface area (TPSA) is 64.9 Å². The lowest BCUT2D eigenvalue weighted by molar-refractivity contribution is 0.439. The van der Waals surface area contributed by atoms with Gasteiger partial charge in [-0.2, -0.15) is 0 Å². The predicted molar refractivity (Wildman–Crippen MR) is 69.5 cm³/mol. The fraction of sp³-hybridized carbons (Fsp3) is 0. The van der Waals surface area contributed by atoms with Gasteiger partial charge in [0, 0.05) is 6.20 Å². The van der Waals surface area contributed by atoms with Crippen molar-refractivity contribution in [3.8, 4) is 22.5 Å². The highest BCUT2D eigenvalue weighted by molar-refractivity contribution is 5.85. The van der Waals surface area contributed by atoms with E-state index in [0.717, 1.165) is 0 Å². The second kappa shape index (κ2) is 4.53. The van der Waals surface area contributed by atoms with Crippen molar-refractivity contribution in [2.45, 2.75) is 0 Å². The van der Waals surface area contributed by atoms with E-state index in [4.69, 9.17) is 10.3 Å². The van der Waals surface area contributed by atoms with Gasteiger partial charge in [0.25, 0.3) is 0 Å². The fourth-order valence-electron chi connectivity index (χ4n) is 1.90. The summed E-state index contributed by atoms with van der Waals surface area (Å²) in [5.74, 6) is -0.198. The normalized spacial score (nSPS) is 10.6. The molecule has 0 aliphatic rings. The standard InChI is InChI=1S/C14H10FN3O/c15-10-5-3-4-9(8-10)12-13(18-19-14(12)16)11-6-1-2-7-17-11/h1-8H,16H2. The van der Waals surface area contributed by atoms with Crippen LogP contribution in [0.1, 0.15) is 0 Å². The molecule has 0 spiro atoms. The van der Waals surface area contributed by atoms with Crippen molar-refractivity contribution in [1.82, 2.24) is 10.1 Å². The Morgan fingerprint density at radius 2 is 2.00 bits per heavy atom. The Balaban J connectivity index is 2.20. The van der Waals surface area contributed by atoms with Gasteiger partial charge in [-0.1, -0.05) is 23.4 Å². The first kappa shape index (κ1) is 11.4. The number of rotatable bonds is 2. The maximum absolute atomic E-state index is 13.3. The number of anilines is 1. The minimum absolute atomic E-state index is 0.145. The summed E-state index contributed by atoms with van der Waals surface area (Å²) in [6, 6.07) is 11.5. The summed E-state index contributed by atoms with van der Waals surface area (Å²) < 4.78 is 18.3. The number of hydrogen-bond donors (Lipinski definition) is 1. The van der Waals surface area contributed by atoms with Crippen LogP contribution in [0.25, 0.3) is 22.5 Å². The summed E-state index contributed by atoms with van der Waals surface area (Å²) in [4.78, 5) is 4.20. The van der Waals surface area contributed by atoms with E-state index in [0.29, 0.717) is 22.5 Å². The zero-order chi connectivity index (χ0) is 13.2. The Hall–Kier alpha value is -2.69. The second-order valence-corrected chi connectivity index (χ2v) is 4.00. The summed E-state index contributed by atoms with van der Waals surface area (Å²) in [7, 11) is 0. The molecule has 0 unspecified atom stereocenters. The van der Waals surface area contributed by atoms with Gasteiger partial charge in [0.2, 0.25) is 5.88 Å². The van der Waals surface area contributed by atoms with Crippen LogP contribution >= 0.6 is 0 Å². The van der Waals surface area contributed by atoms with E-state index in [-0.39, 0.29) is 11.7 Å². The number of pyridine rings is 1. The van der Waals surface area contributed by atoms with Crippen LogP contribution < -0.4 is 5.73 Å². The molecule has 0 atom stereocenters. The molecule has 0 saturated heterocycles. The van der Waals surface area contributed by atoms with Crippen molar-refractivity contribution < 1.29 is 8.91 Å². The molecule has 94 valence electrons. The molecule has 1 aromatic carbocycles. The highest BCUT2D eigenvalue weighted by atomic mass is 19.1. The number of aromatic nitrogens is 2. The molecule has 0 aliphatic heterocycles. The molecule has 0 aliphatic carbocycles. The molecule has 2 N–H and O–H groups in total. The number of nitrogens with two attached hydrogens (primary N) is 1. The molecule has 0 amide bonds. The van der Waals surface area contributed by atoms with Gasteiger partial charge in [-0.3, -0.25) is 4.98 Å². The quantitative estimate of drug-likeness (QED) is 0.764. The average Bonchev–Trinajstić information content (AvgIpc) is 2.82. The first-order valence-corrected chi connectivity index (χ1v) is 5.68. The van der Waals surface area contributed by atoms with Gasteiger partial charge in [0.1, 0.15) is 11.5 Å². The Kier molecular flexibility index (Phi) is 2.72. The van der Waals surface area contributed by atoms with E-state index in [1.165, 1.54) is 12.1 Å². The Labute approximate surface area is 108 Å². The first-order chi connectivity index (χ1) is 9.25. The lowest BCUT2D eigenvalue weighted by atomic mass is 10.0. The van der Waals surface area contributed by atoms with Gasteiger partial charge in [0.15, 0.2) is 0 Å². The van der Waals surface area contributed by atoms with Gasteiger partial charge in [-0.05, 0) is 29.8 Å². The molecule has 3 rings (SSSR count). The van der Waals surface area contributed by atoms with Crippen molar-refractivity contribution >= 4 is 5.88 Å². The maximum atomic E-state index is 13.3.